The van der Waals surface area contributed by atoms with Gasteiger partial charge in [-0.25, -0.2) is 0 Å². The van der Waals surface area contributed by atoms with Crippen LogP contribution >= 0.6 is 0 Å². The Labute approximate surface area is 114 Å². The van der Waals surface area contributed by atoms with E-state index in [9.17, 15) is 0 Å². The topological polar surface area (TPSA) is 30.5 Å². The largest absolute Gasteiger partial charge is 0.490 e. The van der Waals surface area contributed by atoms with E-state index in [2.05, 4.69) is 25.2 Å². The van der Waals surface area contributed by atoms with Crippen LogP contribution < -0.4 is 14.8 Å². The predicted octanol–water partition coefficient (Wildman–Crippen LogP) is 2.76. The lowest BCUT2D eigenvalue weighted by molar-refractivity contribution is 0.250. The van der Waals surface area contributed by atoms with Gasteiger partial charge in [-0.2, -0.15) is 0 Å². The molecule has 1 aromatic rings. The third kappa shape index (κ3) is 1.75. The third-order valence-electron chi connectivity index (χ3n) is 4.52. The van der Waals surface area contributed by atoms with Crippen molar-refractivity contribution in [1.82, 2.24) is 5.32 Å². The lowest BCUT2D eigenvalue weighted by atomic mass is 9.92. The SMILES string of the molecule is CC1Cc2c(cc3c(c2C2CCCN2)OC(C)C3)O1. The van der Waals surface area contributed by atoms with Crippen molar-refractivity contribution in [3.63, 3.8) is 0 Å². The molecule has 102 valence electrons. The molecule has 0 radical (unpaired) electrons. The number of rotatable bonds is 1. The third-order valence-corrected chi connectivity index (χ3v) is 4.52. The van der Waals surface area contributed by atoms with Gasteiger partial charge in [-0.05, 0) is 39.3 Å². The predicted molar refractivity (Wildman–Crippen MR) is 74.0 cm³/mol. The van der Waals surface area contributed by atoms with Gasteiger partial charge in [0.15, 0.2) is 0 Å². The molecule has 1 aromatic carbocycles. The van der Waals surface area contributed by atoms with Crippen LogP contribution in [0.1, 0.15) is 49.4 Å². The van der Waals surface area contributed by atoms with Crippen molar-refractivity contribution < 1.29 is 9.47 Å². The highest BCUT2D eigenvalue weighted by Crippen LogP contribution is 2.47. The fourth-order valence-corrected chi connectivity index (χ4v) is 3.76. The molecule has 0 bridgehead atoms. The minimum Gasteiger partial charge on any atom is -0.490 e. The van der Waals surface area contributed by atoms with Crippen LogP contribution in [-0.2, 0) is 12.8 Å². The van der Waals surface area contributed by atoms with E-state index >= 15 is 0 Å². The van der Waals surface area contributed by atoms with Gasteiger partial charge in [-0.3, -0.25) is 0 Å². The van der Waals surface area contributed by atoms with E-state index in [4.69, 9.17) is 9.47 Å². The van der Waals surface area contributed by atoms with E-state index in [0.717, 1.165) is 30.9 Å². The quantitative estimate of drug-likeness (QED) is 0.841. The van der Waals surface area contributed by atoms with E-state index in [1.165, 1.54) is 29.5 Å². The van der Waals surface area contributed by atoms with Crippen molar-refractivity contribution in [2.24, 2.45) is 0 Å². The normalized spacial score (nSPS) is 31.8. The summed E-state index contributed by atoms with van der Waals surface area (Å²) in [5.41, 5.74) is 4.13. The fraction of sp³-hybridized carbons (Fsp3) is 0.625. The maximum atomic E-state index is 6.12. The molecule has 0 amide bonds. The molecular weight excluding hydrogens is 238 g/mol. The van der Waals surface area contributed by atoms with Crippen LogP contribution in [0.3, 0.4) is 0 Å². The number of nitrogens with one attached hydrogen (secondary N) is 1. The second-order valence-electron chi connectivity index (χ2n) is 6.17. The van der Waals surface area contributed by atoms with Gasteiger partial charge in [0.05, 0.1) is 0 Å². The van der Waals surface area contributed by atoms with E-state index in [1.807, 2.05) is 0 Å². The molecule has 3 atom stereocenters. The first-order chi connectivity index (χ1) is 9.22. The Hall–Kier alpha value is -1.22. The van der Waals surface area contributed by atoms with Crippen LogP contribution in [0.2, 0.25) is 0 Å². The Morgan fingerprint density at radius 2 is 2.00 bits per heavy atom. The summed E-state index contributed by atoms with van der Waals surface area (Å²) in [5, 5.41) is 3.63. The molecule has 1 N–H and O–H groups in total. The molecule has 0 spiro atoms. The van der Waals surface area contributed by atoms with E-state index in [-0.39, 0.29) is 0 Å². The molecule has 19 heavy (non-hydrogen) atoms. The zero-order valence-corrected chi connectivity index (χ0v) is 11.7. The summed E-state index contributed by atoms with van der Waals surface area (Å²) < 4.78 is 12.1. The molecule has 3 nitrogen and oxygen atoms in total. The van der Waals surface area contributed by atoms with Crippen molar-refractivity contribution in [2.45, 2.75) is 57.8 Å². The number of hydrogen-bond acceptors (Lipinski definition) is 3. The molecule has 4 rings (SSSR count). The van der Waals surface area contributed by atoms with Gasteiger partial charge in [0.1, 0.15) is 23.7 Å². The Morgan fingerprint density at radius 3 is 2.79 bits per heavy atom. The summed E-state index contributed by atoms with van der Waals surface area (Å²) in [6.07, 6.45) is 5.11. The monoisotopic (exact) mass is 259 g/mol. The van der Waals surface area contributed by atoms with E-state index < -0.39 is 0 Å². The highest BCUT2D eigenvalue weighted by Gasteiger charge is 2.35. The summed E-state index contributed by atoms with van der Waals surface area (Å²) in [6.45, 7) is 5.43. The van der Waals surface area contributed by atoms with Crippen molar-refractivity contribution in [3.8, 4) is 11.5 Å². The molecule has 3 aliphatic heterocycles. The van der Waals surface area contributed by atoms with Gasteiger partial charge in [0, 0.05) is 35.6 Å². The first kappa shape index (κ1) is 11.6. The van der Waals surface area contributed by atoms with Crippen LogP contribution in [0.5, 0.6) is 11.5 Å². The highest BCUT2D eigenvalue weighted by atomic mass is 16.5. The average molecular weight is 259 g/mol. The summed E-state index contributed by atoms with van der Waals surface area (Å²) in [5.74, 6) is 2.26. The van der Waals surface area contributed by atoms with Crippen molar-refractivity contribution >= 4 is 0 Å². The van der Waals surface area contributed by atoms with E-state index in [0.29, 0.717) is 18.2 Å². The molecule has 1 fully saturated rings. The maximum Gasteiger partial charge on any atom is 0.128 e. The maximum absolute atomic E-state index is 6.12. The molecule has 3 aliphatic rings. The van der Waals surface area contributed by atoms with Crippen molar-refractivity contribution in [1.29, 1.82) is 0 Å². The number of ether oxygens (including phenoxy) is 2. The number of benzene rings is 1. The molecule has 0 aromatic heterocycles. The Morgan fingerprint density at radius 1 is 1.16 bits per heavy atom. The van der Waals surface area contributed by atoms with Crippen LogP contribution in [0, 0.1) is 0 Å². The lowest BCUT2D eigenvalue weighted by Gasteiger charge is -2.19. The molecule has 0 saturated carbocycles. The summed E-state index contributed by atoms with van der Waals surface area (Å²) in [6, 6.07) is 2.68. The first-order valence-electron chi connectivity index (χ1n) is 7.47. The van der Waals surface area contributed by atoms with Crippen molar-refractivity contribution in [3.05, 3.63) is 22.8 Å². The zero-order chi connectivity index (χ0) is 13.0. The second kappa shape index (κ2) is 4.14. The Kier molecular flexibility index (Phi) is 2.52. The minimum atomic E-state index is 0.301. The Bertz CT molecular complexity index is 484. The first-order valence-corrected chi connectivity index (χ1v) is 7.47. The van der Waals surface area contributed by atoms with Crippen LogP contribution in [0.4, 0.5) is 0 Å². The average Bonchev–Trinajstić information content (AvgIpc) is 3.03. The lowest BCUT2D eigenvalue weighted by Crippen LogP contribution is -2.16. The van der Waals surface area contributed by atoms with Gasteiger partial charge in [0.25, 0.3) is 0 Å². The summed E-state index contributed by atoms with van der Waals surface area (Å²) >= 11 is 0. The molecule has 3 heterocycles. The summed E-state index contributed by atoms with van der Waals surface area (Å²) in [7, 11) is 0. The smallest absolute Gasteiger partial charge is 0.128 e. The minimum absolute atomic E-state index is 0.301. The second-order valence-corrected chi connectivity index (χ2v) is 6.17. The highest BCUT2D eigenvalue weighted by molar-refractivity contribution is 5.58. The number of fused-ring (bicyclic) bond motifs is 2. The fourth-order valence-electron chi connectivity index (χ4n) is 3.76. The zero-order valence-electron chi connectivity index (χ0n) is 11.7. The molecule has 3 unspecified atom stereocenters. The van der Waals surface area contributed by atoms with Crippen LogP contribution in [-0.4, -0.2) is 18.8 Å². The van der Waals surface area contributed by atoms with Gasteiger partial charge < -0.3 is 14.8 Å². The molecular formula is C16H21NO2. The van der Waals surface area contributed by atoms with Crippen LogP contribution in [0.15, 0.2) is 6.07 Å². The van der Waals surface area contributed by atoms with Gasteiger partial charge >= 0.3 is 0 Å². The van der Waals surface area contributed by atoms with Crippen LogP contribution in [0.25, 0.3) is 0 Å². The van der Waals surface area contributed by atoms with E-state index in [1.54, 1.807) is 0 Å². The standard InChI is InChI=1S/C16H21NO2/c1-9-6-11-8-14-12(7-10(2)18-14)15(16(11)19-9)13-4-3-5-17-13/h8-10,13,17H,3-7H2,1-2H3. The molecule has 1 saturated heterocycles. The van der Waals surface area contributed by atoms with Gasteiger partial charge in [-0.1, -0.05) is 0 Å². The molecule has 0 aliphatic carbocycles. The molecule has 3 heteroatoms. The van der Waals surface area contributed by atoms with Crippen molar-refractivity contribution in [2.75, 3.05) is 6.54 Å². The Balaban J connectivity index is 1.87. The summed E-state index contributed by atoms with van der Waals surface area (Å²) in [4.78, 5) is 0. The van der Waals surface area contributed by atoms with Gasteiger partial charge in [-0.15, -0.1) is 0 Å². The number of hydrogen-bond donors (Lipinski definition) is 1. The van der Waals surface area contributed by atoms with Gasteiger partial charge in [0.2, 0.25) is 0 Å².